The van der Waals surface area contributed by atoms with Gasteiger partial charge in [0.1, 0.15) is 5.75 Å². The van der Waals surface area contributed by atoms with E-state index >= 15 is 0 Å². The highest BCUT2D eigenvalue weighted by Crippen LogP contribution is 2.21. The van der Waals surface area contributed by atoms with Crippen molar-refractivity contribution in [1.82, 2.24) is 4.90 Å². The van der Waals surface area contributed by atoms with E-state index in [0.717, 1.165) is 5.56 Å². The number of benzene rings is 1. The van der Waals surface area contributed by atoms with Crippen LogP contribution in [0.3, 0.4) is 0 Å². The van der Waals surface area contributed by atoms with Gasteiger partial charge >= 0.3 is 0 Å². The van der Waals surface area contributed by atoms with Gasteiger partial charge in [-0.25, -0.2) is 0 Å². The third-order valence-electron chi connectivity index (χ3n) is 3.36. The second-order valence-corrected chi connectivity index (χ2v) is 5.86. The molecule has 2 rings (SSSR count). The molecule has 1 saturated heterocycles. The molecule has 1 fully saturated rings. The van der Waals surface area contributed by atoms with Crippen molar-refractivity contribution in [3.8, 4) is 5.75 Å². The molecule has 3 N–H and O–H groups in total. The van der Waals surface area contributed by atoms with E-state index in [2.05, 4.69) is 0 Å². The number of ether oxygens (including phenoxy) is 1. The van der Waals surface area contributed by atoms with Gasteiger partial charge in [0.25, 0.3) is 0 Å². The van der Waals surface area contributed by atoms with Crippen molar-refractivity contribution in [3.05, 3.63) is 29.8 Å². The molecule has 20 heavy (non-hydrogen) atoms. The zero-order chi connectivity index (χ0) is 14.8. The van der Waals surface area contributed by atoms with Gasteiger partial charge in [-0.05, 0) is 31.5 Å². The molecular weight excluding hydrogens is 256 g/mol. The molecule has 1 aromatic carbocycles. The fourth-order valence-corrected chi connectivity index (χ4v) is 2.56. The molecule has 0 spiro atoms. The minimum Gasteiger partial charge on any atom is -0.508 e. The van der Waals surface area contributed by atoms with Gasteiger partial charge < -0.3 is 20.5 Å². The molecule has 1 aliphatic heterocycles. The fourth-order valence-electron chi connectivity index (χ4n) is 2.56. The van der Waals surface area contributed by atoms with Gasteiger partial charge in [0.05, 0.1) is 18.1 Å². The Bertz CT molecular complexity index is 488. The van der Waals surface area contributed by atoms with Gasteiger partial charge in [0.2, 0.25) is 5.91 Å². The van der Waals surface area contributed by atoms with E-state index in [1.54, 1.807) is 23.1 Å². The van der Waals surface area contributed by atoms with Crippen molar-refractivity contribution < 1.29 is 14.6 Å². The maximum absolute atomic E-state index is 12.4. The van der Waals surface area contributed by atoms with Gasteiger partial charge in [-0.15, -0.1) is 0 Å². The predicted octanol–water partition coefficient (Wildman–Crippen LogP) is 0.899. The highest BCUT2D eigenvalue weighted by Gasteiger charge is 2.34. The Morgan fingerprint density at radius 3 is 2.95 bits per heavy atom. The summed E-state index contributed by atoms with van der Waals surface area (Å²) in [5.74, 6) is 0.211. The molecule has 0 saturated carbocycles. The monoisotopic (exact) mass is 278 g/mol. The largest absolute Gasteiger partial charge is 0.508 e. The Morgan fingerprint density at radius 1 is 1.55 bits per heavy atom. The highest BCUT2D eigenvalue weighted by molar-refractivity contribution is 5.79. The molecule has 0 bridgehead atoms. The average Bonchev–Trinajstić information content (AvgIpc) is 2.36. The summed E-state index contributed by atoms with van der Waals surface area (Å²) < 4.78 is 5.81. The number of morpholine rings is 1. The van der Waals surface area contributed by atoms with Crippen molar-refractivity contribution in [1.29, 1.82) is 0 Å². The van der Waals surface area contributed by atoms with E-state index < -0.39 is 0 Å². The first-order valence-electron chi connectivity index (χ1n) is 6.83. The number of amides is 1. The lowest BCUT2D eigenvalue weighted by Gasteiger charge is -2.42. The first-order valence-corrected chi connectivity index (χ1v) is 6.83. The number of carbonyl (C=O) groups is 1. The Labute approximate surface area is 119 Å². The van der Waals surface area contributed by atoms with Crippen LogP contribution in [0.2, 0.25) is 0 Å². The third kappa shape index (κ3) is 3.71. The van der Waals surface area contributed by atoms with Crippen LogP contribution >= 0.6 is 0 Å². The van der Waals surface area contributed by atoms with E-state index in [1.165, 1.54) is 0 Å². The van der Waals surface area contributed by atoms with E-state index in [4.69, 9.17) is 10.5 Å². The molecule has 110 valence electrons. The smallest absolute Gasteiger partial charge is 0.227 e. The molecule has 5 nitrogen and oxygen atoms in total. The molecule has 1 aromatic rings. The van der Waals surface area contributed by atoms with Gasteiger partial charge in [-0.1, -0.05) is 12.1 Å². The van der Waals surface area contributed by atoms with Crippen LogP contribution in [0.1, 0.15) is 19.4 Å². The van der Waals surface area contributed by atoms with Crippen molar-refractivity contribution in [3.63, 3.8) is 0 Å². The maximum Gasteiger partial charge on any atom is 0.227 e. The summed E-state index contributed by atoms with van der Waals surface area (Å²) in [6, 6.07) is 6.79. The van der Waals surface area contributed by atoms with Crippen LogP contribution in [-0.2, 0) is 16.0 Å². The topological polar surface area (TPSA) is 75.8 Å². The average molecular weight is 278 g/mol. The van der Waals surface area contributed by atoms with Crippen LogP contribution < -0.4 is 5.73 Å². The Morgan fingerprint density at radius 2 is 2.30 bits per heavy atom. The molecule has 1 unspecified atom stereocenters. The van der Waals surface area contributed by atoms with Crippen molar-refractivity contribution in [2.75, 3.05) is 19.6 Å². The number of nitrogens with two attached hydrogens (primary N) is 1. The molecule has 1 aliphatic rings. The highest BCUT2D eigenvalue weighted by atomic mass is 16.5. The van der Waals surface area contributed by atoms with Gasteiger partial charge in [0, 0.05) is 19.6 Å². The van der Waals surface area contributed by atoms with Crippen LogP contribution in [0.5, 0.6) is 5.75 Å². The van der Waals surface area contributed by atoms with E-state index in [1.807, 2.05) is 19.9 Å². The minimum atomic E-state index is -0.378. The number of phenols is 1. The number of hydrogen-bond donors (Lipinski definition) is 2. The summed E-state index contributed by atoms with van der Waals surface area (Å²) in [4.78, 5) is 14.2. The van der Waals surface area contributed by atoms with Crippen LogP contribution in [0.4, 0.5) is 0 Å². The summed E-state index contributed by atoms with van der Waals surface area (Å²) in [5, 5.41) is 9.44. The van der Waals surface area contributed by atoms with E-state index in [-0.39, 0.29) is 29.8 Å². The number of carbonyl (C=O) groups excluding carboxylic acids is 1. The molecular formula is C15H22N2O3. The molecule has 0 aliphatic carbocycles. The van der Waals surface area contributed by atoms with Gasteiger partial charge in [-0.3, -0.25) is 4.79 Å². The first-order chi connectivity index (χ1) is 9.39. The Hall–Kier alpha value is -1.59. The van der Waals surface area contributed by atoms with Crippen LogP contribution in [0, 0.1) is 0 Å². The summed E-state index contributed by atoms with van der Waals surface area (Å²) in [6.45, 7) is 5.41. The minimum absolute atomic E-state index is 0.0328. The van der Waals surface area contributed by atoms with Crippen molar-refractivity contribution in [2.24, 2.45) is 5.73 Å². The normalized spacial score (nSPS) is 21.8. The predicted molar refractivity (Wildman–Crippen MR) is 76.4 cm³/mol. The molecule has 1 heterocycles. The van der Waals surface area contributed by atoms with Gasteiger partial charge in [-0.2, -0.15) is 0 Å². The number of rotatable bonds is 3. The zero-order valence-corrected chi connectivity index (χ0v) is 12.0. The van der Waals surface area contributed by atoms with Gasteiger partial charge in [0.15, 0.2) is 0 Å². The third-order valence-corrected chi connectivity index (χ3v) is 3.36. The van der Waals surface area contributed by atoms with Crippen molar-refractivity contribution >= 4 is 5.91 Å². The standard InChI is InChI=1S/C15H22N2O3/c1-15(2)10-17(9-13(8-16)20-15)14(19)7-11-4-3-5-12(18)6-11/h3-6,13,18H,7-10,16H2,1-2H3. The molecule has 1 atom stereocenters. The fraction of sp³-hybridized carbons (Fsp3) is 0.533. The van der Waals surface area contributed by atoms with E-state index in [9.17, 15) is 9.90 Å². The SMILES string of the molecule is CC1(C)CN(C(=O)Cc2cccc(O)c2)CC(CN)O1. The lowest BCUT2D eigenvalue weighted by Crippen LogP contribution is -2.56. The number of aromatic hydroxyl groups is 1. The molecule has 0 aromatic heterocycles. The Balaban J connectivity index is 2.04. The second-order valence-electron chi connectivity index (χ2n) is 5.86. The molecule has 0 radical (unpaired) electrons. The molecule has 1 amide bonds. The van der Waals surface area contributed by atoms with E-state index in [0.29, 0.717) is 19.6 Å². The lowest BCUT2D eigenvalue weighted by molar-refractivity contribution is -0.158. The number of hydrogen-bond acceptors (Lipinski definition) is 4. The van der Waals surface area contributed by atoms with Crippen LogP contribution in [-0.4, -0.2) is 47.3 Å². The Kier molecular flexibility index (Phi) is 4.30. The summed E-state index contributed by atoms with van der Waals surface area (Å²) >= 11 is 0. The number of nitrogens with zero attached hydrogens (tertiary/aromatic N) is 1. The quantitative estimate of drug-likeness (QED) is 0.861. The van der Waals surface area contributed by atoms with Crippen LogP contribution in [0.25, 0.3) is 0 Å². The summed E-state index contributed by atoms with van der Waals surface area (Å²) in [7, 11) is 0. The maximum atomic E-state index is 12.4. The second kappa shape index (κ2) is 5.81. The summed E-state index contributed by atoms with van der Waals surface area (Å²) in [6.07, 6.45) is 0.161. The number of phenolic OH excluding ortho intramolecular Hbond substituents is 1. The summed E-state index contributed by atoms with van der Waals surface area (Å²) in [5.41, 5.74) is 6.09. The first kappa shape index (κ1) is 14.8. The lowest BCUT2D eigenvalue weighted by atomic mass is 10.0. The van der Waals surface area contributed by atoms with Crippen molar-refractivity contribution in [2.45, 2.75) is 32.0 Å². The van der Waals surface area contributed by atoms with Crippen LogP contribution in [0.15, 0.2) is 24.3 Å². The zero-order valence-electron chi connectivity index (χ0n) is 12.0. The molecule has 5 heteroatoms.